The third-order valence-electron chi connectivity index (χ3n) is 3.94. The molecule has 4 nitrogen and oxygen atoms in total. The molecule has 1 N–H and O–H groups in total. The number of carbonyl (C=O) groups is 1. The van der Waals surface area contributed by atoms with Crippen molar-refractivity contribution in [2.45, 2.75) is 6.18 Å². The van der Waals surface area contributed by atoms with E-state index in [1.807, 2.05) is 0 Å². The first-order chi connectivity index (χ1) is 13.3. The summed E-state index contributed by atoms with van der Waals surface area (Å²) in [7, 11) is 1.49. The largest absolute Gasteiger partial charge is 0.495 e. The molecular weight excluding hydrogens is 393 g/mol. The Bertz CT molecular complexity index is 1010. The molecule has 0 bridgehead atoms. The van der Waals surface area contributed by atoms with Crippen LogP contribution in [0.3, 0.4) is 0 Å². The molecule has 1 aromatic heterocycles. The number of aromatic nitrogens is 1. The molecule has 28 heavy (non-hydrogen) atoms. The minimum absolute atomic E-state index is 0.170. The van der Waals surface area contributed by atoms with Crippen LogP contribution >= 0.6 is 11.6 Å². The minimum atomic E-state index is -4.45. The molecule has 0 aliphatic heterocycles. The predicted molar refractivity (Wildman–Crippen MR) is 101 cm³/mol. The number of methoxy groups -OCH3 is 1. The number of nitrogens with zero attached hydrogens (tertiary/aromatic N) is 1. The molecule has 0 saturated carbocycles. The zero-order valence-corrected chi connectivity index (χ0v) is 15.3. The summed E-state index contributed by atoms with van der Waals surface area (Å²) in [5, 5.41) is 3.05. The predicted octanol–water partition coefficient (Wildman–Crippen LogP) is 5.68. The fourth-order valence-electron chi connectivity index (χ4n) is 2.50. The second kappa shape index (κ2) is 7.90. The number of alkyl halides is 3. The van der Waals surface area contributed by atoms with E-state index < -0.39 is 11.7 Å². The maximum absolute atomic E-state index is 12.8. The second-order valence-electron chi connectivity index (χ2n) is 5.81. The molecule has 0 aliphatic carbocycles. The molecule has 3 aromatic rings. The summed E-state index contributed by atoms with van der Waals surface area (Å²) < 4.78 is 43.6. The van der Waals surface area contributed by atoms with E-state index in [0.717, 1.165) is 18.3 Å². The maximum atomic E-state index is 12.8. The van der Waals surface area contributed by atoms with E-state index in [4.69, 9.17) is 16.3 Å². The number of halogens is 4. The number of hydrogen-bond acceptors (Lipinski definition) is 3. The number of amides is 1. The highest BCUT2D eigenvalue weighted by atomic mass is 35.5. The van der Waals surface area contributed by atoms with Gasteiger partial charge in [0.25, 0.3) is 5.91 Å². The van der Waals surface area contributed by atoms with Gasteiger partial charge in [-0.05, 0) is 42.5 Å². The van der Waals surface area contributed by atoms with Crippen LogP contribution in [0, 0.1) is 0 Å². The molecule has 0 spiro atoms. The van der Waals surface area contributed by atoms with Crippen molar-refractivity contribution in [1.82, 2.24) is 4.98 Å². The average molecular weight is 407 g/mol. The Kier molecular flexibility index (Phi) is 5.56. The number of nitrogens with one attached hydrogen (secondary N) is 1. The number of benzene rings is 2. The molecule has 0 unspecified atom stereocenters. The zero-order chi connectivity index (χ0) is 20.3. The lowest BCUT2D eigenvalue weighted by Crippen LogP contribution is -2.11. The van der Waals surface area contributed by atoms with E-state index in [9.17, 15) is 18.0 Å². The molecule has 2 aromatic carbocycles. The van der Waals surface area contributed by atoms with Crippen molar-refractivity contribution in [2.75, 3.05) is 12.4 Å². The summed E-state index contributed by atoms with van der Waals surface area (Å²) >= 11 is 6.03. The molecule has 8 heteroatoms. The number of pyridine rings is 1. The van der Waals surface area contributed by atoms with Crippen LogP contribution in [-0.4, -0.2) is 18.0 Å². The normalized spacial score (nSPS) is 11.2. The van der Waals surface area contributed by atoms with Gasteiger partial charge < -0.3 is 10.1 Å². The summed E-state index contributed by atoms with van der Waals surface area (Å²) in [6, 6.07) is 12.8. The molecule has 0 fully saturated rings. The van der Waals surface area contributed by atoms with E-state index in [2.05, 4.69) is 10.3 Å². The summed E-state index contributed by atoms with van der Waals surface area (Å²) in [6.07, 6.45) is -3.34. The summed E-state index contributed by atoms with van der Waals surface area (Å²) in [4.78, 5) is 16.3. The van der Waals surface area contributed by atoms with Gasteiger partial charge in [0.1, 0.15) is 5.75 Å². The molecule has 3 rings (SSSR count). The maximum Gasteiger partial charge on any atom is 0.416 e. The molecule has 0 saturated heterocycles. The van der Waals surface area contributed by atoms with Crippen molar-refractivity contribution in [1.29, 1.82) is 0 Å². The lowest BCUT2D eigenvalue weighted by Gasteiger charge is -2.10. The van der Waals surface area contributed by atoms with Gasteiger partial charge in [0.05, 0.1) is 23.4 Å². The zero-order valence-electron chi connectivity index (χ0n) is 14.5. The van der Waals surface area contributed by atoms with Gasteiger partial charge in [0.2, 0.25) is 0 Å². The van der Waals surface area contributed by atoms with Crippen LogP contribution in [0.1, 0.15) is 15.9 Å². The fourth-order valence-corrected chi connectivity index (χ4v) is 2.76. The molecule has 1 heterocycles. The van der Waals surface area contributed by atoms with Gasteiger partial charge in [-0.15, -0.1) is 0 Å². The van der Waals surface area contributed by atoms with E-state index in [0.29, 0.717) is 27.6 Å². The topological polar surface area (TPSA) is 51.2 Å². The van der Waals surface area contributed by atoms with Crippen LogP contribution in [0.15, 0.2) is 60.8 Å². The minimum Gasteiger partial charge on any atom is -0.495 e. The number of rotatable bonds is 4. The Hall–Kier alpha value is -3.06. The van der Waals surface area contributed by atoms with Gasteiger partial charge in [-0.3, -0.25) is 9.78 Å². The monoisotopic (exact) mass is 406 g/mol. The van der Waals surface area contributed by atoms with E-state index in [1.165, 1.54) is 19.2 Å². The summed E-state index contributed by atoms with van der Waals surface area (Å²) in [6.45, 7) is 0. The van der Waals surface area contributed by atoms with Crippen LogP contribution in [0.5, 0.6) is 5.75 Å². The van der Waals surface area contributed by atoms with Crippen LogP contribution in [-0.2, 0) is 6.18 Å². The van der Waals surface area contributed by atoms with Crippen LogP contribution < -0.4 is 10.1 Å². The van der Waals surface area contributed by atoms with Crippen LogP contribution in [0.4, 0.5) is 18.9 Å². The van der Waals surface area contributed by atoms with Crippen molar-refractivity contribution < 1.29 is 22.7 Å². The highest BCUT2D eigenvalue weighted by Gasteiger charge is 2.30. The Morgan fingerprint density at radius 3 is 2.39 bits per heavy atom. The molecule has 144 valence electrons. The quantitative estimate of drug-likeness (QED) is 0.606. The average Bonchev–Trinajstić information content (AvgIpc) is 2.68. The lowest BCUT2D eigenvalue weighted by atomic mass is 10.1. The Morgan fingerprint density at radius 2 is 1.79 bits per heavy atom. The van der Waals surface area contributed by atoms with Crippen molar-refractivity contribution in [2.24, 2.45) is 0 Å². The lowest BCUT2D eigenvalue weighted by molar-refractivity contribution is -0.137. The number of hydrogen-bond donors (Lipinski definition) is 1. The fraction of sp³-hybridized carbons (Fsp3) is 0.100. The van der Waals surface area contributed by atoms with Gasteiger partial charge in [-0.25, -0.2) is 0 Å². The first-order valence-corrected chi connectivity index (χ1v) is 8.44. The number of carbonyl (C=O) groups excluding carboxylic acids is 1. The summed E-state index contributed by atoms with van der Waals surface area (Å²) in [5.74, 6) is 0.0994. The van der Waals surface area contributed by atoms with Crippen molar-refractivity contribution in [3.63, 3.8) is 0 Å². The van der Waals surface area contributed by atoms with Crippen molar-refractivity contribution >= 4 is 23.2 Å². The van der Waals surface area contributed by atoms with E-state index in [-0.39, 0.29) is 11.6 Å². The second-order valence-corrected chi connectivity index (χ2v) is 6.22. The first-order valence-electron chi connectivity index (χ1n) is 8.06. The van der Waals surface area contributed by atoms with Gasteiger partial charge in [-0.1, -0.05) is 23.7 Å². The van der Waals surface area contributed by atoms with Gasteiger partial charge in [0, 0.05) is 23.0 Å². The molecule has 0 aliphatic rings. The standard InChI is InChI=1S/C20H14ClF3N2O2/c1-28-18-7-6-15(11-16(18)21)26-19(27)13-4-2-12(3-5-13)17-10-14(8-9-25-17)20(22,23)24/h2-11H,1H3,(H,26,27). The summed E-state index contributed by atoms with van der Waals surface area (Å²) in [5.41, 5.74) is 0.677. The molecule has 0 radical (unpaired) electrons. The third-order valence-corrected chi connectivity index (χ3v) is 4.24. The van der Waals surface area contributed by atoms with Gasteiger partial charge >= 0.3 is 6.18 Å². The molecule has 0 atom stereocenters. The molecular formula is C20H14ClF3N2O2. The van der Waals surface area contributed by atoms with E-state index >= 15 is 0 Å². The third kappa shape index (κ3) is 4.43. The number of anilines is 1. The smallest absolute Gasteiger partial charge is 0.416 e. The van der Waals surface area contributed by atoms with Crippen molar-refractivity contribution in [3.8, 4) is 17.0 Å². The molecule has 1 amide bonds. The van der Waals surface area contributed by atoms with Crippen molar-refractivity contribution in [3.05, 3.63) is 76.9 Å². The SMILES string of the molecule is COc1ccc(NC(=O)c2ccc(-c3cc(C(F)(F)F)ccn3)cc2)cc1Cl. The van der Waals surface area contributed by atoms with E-state index in [1.54, 1.807) is 30.3 Å². The van der Waals surface area contributed by atoms with Crippen LogP contribution in [0.2, 0.25) is 5.02 Å². The number of ether oxygens (including phenoxy) is 1. The highest BCUT2D eigenvalue weighted by Crippen LogP contribution is 2.31. The van der Waals surface area contributed by atoms with Gasteiger partial charge in [0.15, 0.2) is 0 Å². The highest BCUT2D eigenvalue weighted by molar-refractivity contribution is 6.32. The Balaban J connectivity index is 1.77. The van der Waals surface area contributed by atoms with Gasteiger partial charge in [-0.2, -0.15) is 13.2 Å². The Labute approximate surface area is 163 Å². The first kappa shape index (κ1) is 19.7. The van der Waals surface area contributed by atoms with Crippen LogP contribution in [0.25, 0.3) is 11.3 Å². The Morgan fingerprint density at radius 1 is 1.07 bits per heavy atom.